The van der Waals surface area contributed by atoms with E-state index < -0.39 is 15.8 Å². The monoisotopic (exact) mass is 866 g/mol. The largest absolute Gasteiger partial charge is 0.0622 e. The molecule has 0 aliphatic rings. The first-order valence-corrected chi connectivity index (χ1v) is 22.4. The Morgan fingerprint density at radius 2 is 0.500 bits per heavy atom. The average molecular weight is 867 g/mol. The third kappa shape index (κ3) is 11.8. The van der Waals surface area contributed by atoms with Gasteiger partial charge >= 0.3 is 35.1 Å². The molecule has 0 amide bonds. The Balaban J connectivity index is 0.000000170. The molecule has 48 heavy (non-hydrogen) atoms. The van der Waals surface area contributed by atoms with Gasteiger partial charge in [0.05, 0.1) is 0 Å². The van der Waals surface area contributed by atoms with Gasteiger partial charge < -0.3 is 10.2 Å². The Morgan fingerprint density at radius 3 is 0.646 bits per heavy atom. The Bertz CT molecular complexity index is 1530. The van der Waals surface area contributed by atoms with E-state index in [1.165, 1.54) is 44.0 Å². The van der Waals surface area contributed by atoms with Crippen LogP contribution in [0.1, 0.15) is 0 Å². The summed E-state index contributed by atoms with van der Waals surface area (Å²) in [6.45, 7) is 0. The molecule has 2 nitrogen and oxygen atoms in total. The summed E-state index contributed by atoms with van der Waals surface area (Å²) in [6, 6.07) is 71.4. The number of benzene rings is 7. The summed E-state index contributed by atoms with van der Waals surface area (Å²) in [5.74, 6) is -0.0741. The van der Waals surface area contributed by atoms with Gasteiger partial charge in [0.2, 0.25) is 0 Å². The predicted molar refractivity (Wildman–Crippen MR) is 213 cm³/mol. The fourth-order valence-corrected chi connectivity index (χ4v) is 9.41. The van der Waals surface area contributed by atoms with Crippen molar-refractivity contribution in [2.24, 2.45) is 0 Å². The van der Waals surface area contributed by atoms with Crippen LogP contribution >= 0.6 is 35.4 Å². The molecule has 0 unspecified atom stereocenters. The zero-order valence-corrected chi connectivity index (χ0v) is 31.5. The fourth-order valence-electron chi connectivity index (χ4n) is 4.80. The Hall–Kier alpha value is -3.61. The van der Waals surface area contributed by atoms with Crippen molar-refractivity contribution in [2.75, 3.05) is 0 Å². The maximum Gasteiger partial charge on any atom is -0.0134 e. The fraction of sp³-hybridized carbons (Fsp3) is 0. The minimum absolute atomic E-state index is 0.0370. The van der Waals surface area contributed by atoms with E-state index in [-0.39, 0.29) is 11.5 Å². The second kappa shape index (κ2) is 21.4. The number of phenolic OH excluding ortho intramolecular Hbond substituents is 2. The molecule has 0 heterocycles. The van der Waals surface area contributed by atoms with Crippen LogP contribution < -0.4 is 31.8 Å². The molecule has 0 fully saturated rings. The van der Waals surface area contributed by atoms with E-state index in [4.69, 9.17) is 10.2 Å². The van der Waals surface area contributed by atoms with E-state index in [9.17, 15) is 0 Å². The standard InChI is InChI=1S/2C18H15P.C6H5O2.HI.Pd/c2*1-4-10-16(11-5-1)19(17-12-6-2-7-13-17)18-14-8-3-9-15-18;7-5-2-1-3-6(8)4-5;;/h2*1-15H;1-3,7-8H;1H;/q;;-1;;+2/p-1. The van der Waals surface area contributed by atoms with Gasteiger partial charge in [-0.15, -0.1) is 12.1 Å². The number of aromatic hydroxyl groups is 2. The summed E-state index contributed by atoms with van der Waals surface area (Å²) < 4.78 is 0. The summed E-state index contributed by atoms with van der Waals surface area (Å²) in [5.41, 5.74) is 0. The van der Waals surface area contributed by atoms with Crippen LogP contribution in [0.4, 0.5) is 0 Å². The van der Waals surface area contributed by atoms with Crippen molar-refractivity contribution >= 4 is 67.2 Å². The molecule has 7 aromatic rings. The number of rotatable bonds is 6. The third-order valence-electron chi connectivity index (χ3n) is 6.85. The number of hydrogen-bond donors (Lipinski definition) is 2. The van der Waals surface area contributed by atoms with Crippen molar-refractivity contribution in [1.82, 2.24) is 0 Å². The number of hydrogen-bond acceptors (Lipinski definition) is 2. The number of halogens is 1. The van der Waals surface area contributed by atoms with Crippen LogP contribution in [0.25, 0.3) is 0 Å². The first-order valence-electron chi connectivity index (χ1n) is 15.1. The second-order valence-electron chi connectivity index (χ2n) is 10.1. The van der Waals surface area contributed by atoms with E-state index in [1.54, 1.807) is 6.07 Å². The molecule has 0 atom stereocenters. The molecule has 7 rings (SSSR count). The topological polar surface area (TPSA) is 40.5 Å². The van der Waals surface area contributed by atoms with Gasteiger partial charge in [0, 0.05) is 11.5 Å². The molecule has 0 aromatic heterocycles. The van der Waals surface area contributed by atoms with Gasteiger partial charge in [-0.05, 0) is 47.7 Å². The minimum Gasteiger partial charge on any atom is -0.0622 e. The van der Waals surface area contributed by atoms with Crippen LogP contribution in [0.5, 0.6) is 11.5 Å². The van der Waals surface area contributed by atoms with Gasteiger partial charge in [-0.25, -0.2) is 0 Å². The maximum absolute atomic E-state index is 8.60. The molecule has 0 saturated heterocycles. The van der Waals surface area contributed by atoms with Crippen molar-refractivity contribution in [3.63, 3.8) is 0 Å². The Kier molecular flexibility index (Phi) is 16.6. The molecule has 7 aromatic carbocycles. The molecule has 0 radical (unpaired) electrons. The Labute approximate surface area is 308 Å². The average Bonchev–Trinajstić information content (AvgIpc) is 3.16. The second-order valence-corrected chi connectivity index (χ2v) is 14.5. The van der Waals surface area contributed by atoms with Gasteiger partial charge in [0.15, 0.2) is 0 Å². The molecule has 0 bridgehead atoms. The molecule has 2 N–H and O–H groups in total. The van der Waals surface area contributed by atoms with Gasteiger partial charge in [0.25, 0.3) is 0 Å². The van der Waals surface area contributed by atoms with E-state index in [0.717, 1.165) is 0 Å². The zero-order chi connectivity index (χ0) is 33.8. The van der Waals surface area contributed by atoms with Crippen LogP contribution in [0, 0.1) is 6.07 Å². The third-order valence-corrected chi connectivity index (χ3v) is 11.7. The SMILES string of the molecule is Oc1[c-]c(O)ccc1.[Pd+][I].c1ccc(P(c2ccccc2)c2ccccc2)cc1.c1ccc(P(c2ccccc2)c2ccccc2)cc1. The molecule has 0 spiro atoms. The van der Waals surface area contributed by atoms with Crippen LogP contribution in [0.3, 0.4) is 0 Å². The smallest absolute Gasteiger partial charge is 0.0134 e. The van der Waals surface area contributed by atoms with E-state index >= 15 is 0 Å². The van der Waals surface area contributed by atoms with E-state index in [2.05, 4.69) is 204 Å². The summed E-state index contributed by atoms with van der Waals surface area (Å²) in [4.78, 5) is 0. The summed E-state index contributed by atoms with van der Waals surface area (Å²) in [5, 5.41) is 25.6. The van der Waals surface area contributed by atoms with Crippen LogP contribution in [0.2, 0.25) is 0 Å². The normalized spacial score (nSPS) is 10.0. The minimum atomic E-state index is -0.446. The quantitative estimate of drug-likeness (QED) is 0.0761. The van der Waals surface area contributed by atoms with Gasteiger partial charge in [-0.2, -0.15) is 6.07 Å². The first kappa shape index (κ1) is 37.2. The van der Waals surface area contributed by atoms with Gasteiger partial charge in [0.1, 0.15) is 0 Å². The first-order chi connectivity index (χ1) is 23.7. The molecule has 0 aliphatic carbocycles. The summed E-state index contributed by atoms with van der Waals surface area (Å²) >= 11 is 4.72. The maximum atomic E-state index is 8.60. The van der Waals surface area contributed by atoms with Gasteiger partial charge in [-0.3, -0.25) is 0 Å². The summed E-state index contributed by atoms with van der Waals surface area (Å²) in [7, 11) is -0.892. The molecular weight excluding hydrogens is 832 g/mol. The summed E-state index contributed by atoms with van der Waals surface area (Å²) in [6.07, 6.45) is 0. The van der Waals surface area contributed by atoms with Crippen molar-refractivity contribution in [3.8, 4) is 11.5 Å². The van der Waals surface area contributed by atoms with Crippen molar-refractivity contribution in [3.05, 3.63) is 206 Å². The van der Waals surface area contributed by atoms with E-state index in [0.29, 0.717) is 0 Å². The van der Waals surface area contributed by atoms with Crippen molar-refractivity contribution in [1.29, 1.82) is 0 Å². The molecule has 0 aliphatic heterocycles. The van der Waals surface area contributed by atoms with Crippen LogP contribution in [0.15, 0.2) is 200 Å². The number of phenols is 2. The molecule has 6 heteroatoms. The van der Waals surface area contributed by atoms with Crippen LogP contribution in [-0.4, -0.2) is 10.2 Å². The molecular formula is C42H35IO2P2Pd. The van der Waals surface area contributed by atoms with Crippen LogP contribution in [-0.2, 0) is 15.6 Å². The predicted octanol–water partition coefficient (Wildman–Crippen LogP) is 8.67. The van der Waals surface area contributed by atoms with Gasteiger partial charge in [-0.1, -0.05) is 188 Å². The van der Waals surface area contributed by atoms with Crippen molar-refractivity contribution < 1.29 is 25.8 Å². The van der Waals surface area contributed by atoms with Crippen molar-refractivity contribution in [2.45, 2.75) is 0 Å². The molecule has 242 valence electrons. The Morgan fingerprint density at radius 1 is 0.312 bits per heavy atom. The zero-order valence-electron chi connectivity index (χ0n) is 26.0. The van der Waals surface area contributed by atoms with E-state index in [1.807, 2.05) is 19.5 Å². The molecule has 0 saturated carbocycles.